The first kappa shape index (κ1) is 16.4. The molecule has 0 atom stereocenters. The van der Waals surface area contributed by atoms with Crippen LogP contribution in [0.4, 0.5) is 0 Å². The Kier molecular flexibility index (Phi) is 5.32. The van der Waals surface area contributed by atoms with Crippen LogP contribution in [0.15, 0.2) is 22.3 Å². The number of rotatable bonds is 4. The van der Waals surface area contributed by atoms with Crippen LogP contribution in [0, 0.1) is 6.92 Å². The van der Waals surface area contributed by atoms with E-state index in [1.165, 1.54) is 16.7 Å². The molecule has 0 fully saturated rings. The summed E-state index contributed by atoms with van der Waals surface area (Å²) >= 11 is 18.8. The summed E-state index contributed by atoms with van der Waals surface area (Å²) in [7, 11) is 0. The summed E-state index contributed by atoms with van der Waals surface area (Å²) in [6, 6.07) is 2.97. The molecule has 0 unspecified atom stereocenters. The monoisotopic (exact) mass is 365 g/mol. The number of nitrogens with zero attached hydrogens (tertiary/aromatic N) is 1. The van der Waals surface area contributed by atoms with Crippen LogP contribution >= 0.6 is 46.1 Å². The second-order valence-corrected chi connectivity index (χ2v) is 6.16. The van der Waals surface area contributed by atoms with Gasteiger partial charge in [-0.3, -0.25) is 9.36 Å². The second-order valence-electron chi connectivity index (χ2n) is 4.15. The lowest BCUT2D eigenvalue weighted by molar-refractivity contribution is 0.0490. The van der Waals surface area contributed by atoms with E-state index < -0.39 is 5.97 Å². The molecule has 112 valence electrons. The minimum absolute atomic E-state index is 0.0280. The minimum Gasteiger partial charge on any atom is -0.460 e. The van der Waals surface area contributed by atoms with E-state index in [4.69, 9.17) is 39.5 Å². The van der Waals surface area contributed by atoms with E-state index in [0.717, 1.165) is 17.0 Å². The molecule has 4 nitrogen and oxygen atoms in total. The number of hydrogen-bond acceptors (Lipinski definition) is 4. The molecule has 0 amide bonds. The van der Waals surface area contributed by atoms with Crippen molar-refractivity contribution in [2.75, 3.05) is 6.61 Å². The molecule has 1 heterocycles. The van der Waals surface area contributed by atoms with Crippen LogP contribution in [0.2, 0.25) is 15.1 Å². The molecule has 0 aliphatic rings. The highest BCUT2D eigenvalue weighted by atomic mass is 35.5. The normalized spacial score (nSPS) is 10.7. The number of carbonyl (C=O) groups is 1. The molecular weight excluding hydrogens is 357 g/mol. The summed E-state index contributed by atoms with van der Waals surface area (Å²) in [6.07, 6.45) is 0. The predicted octanol–water partition coefficient (Wildman–Crippen LogP) is 4.04. The summed E-state index contributed by atoms with van der Waals surface area (Å²) in [4.78, 5) is 23.4. The minimum atomic E-state index is -0.673. The Balaban J connectivity index is 2.07. The van der Waals surface area contributed by atoms with Gasteiger partial charge in [-0.15, -0.1) is 0 Å². The van der Waals surface area contributed by atoms with Crippen molar-refractivity contribution < 1.29 is 9.53 Å². The quantitative estimate of drug-likeness (QED) is 0.606. The molecule has 0 saturated carbocycles. The Bertz CT molecular complexity index is 739. The molecule has 0 aliphatic carbocycles. The summed E-state index contributed by atoms with van der Waals surface area (Å²) < 4.78 is 6.63. The number of carbonyl (C=O) groups excluding carboxylic acids is 1. The molecule has 8 heteroatoms. The zero-order valence-corrected chi connectivity index (χ0v) is 13.9. The first-order valence-corrected chi connectivity index (χ1v) is 7.88. The number of ether oxygens (including phenoxy) is 1. The SMILES string of the molecule is Cc1csc(=O)n1CCOC(=O)c1c(Cl)ccc(Cl)c1Cl. The highest BCUT2D eigenvalue weighted by Gasteiger charge is 2.18. The lowest BCUT2D eigenvalue weighted by Gasteiger charge is -2.09. The van der Waals surface area contributed by atoms with Gasteiger partial charge in [0, 0.05) is 11.1 Å². The molecule has 0 radical (unpaired) electrons. The van der Waals surface area contributed by atoms with Crippen LogP contribution in [0.3, 0.4) is 0 Å². The van der Waals surface area contributed by atoms with Gasteiger partial charge >= 0.3 is 10.8 Å². The van der Waals surface area contributed by atoms with E-state index in [-0.39, 0.29) is 38.7 Å². The Hall–Kier alpha value is -1.01. The van der Waals surface area contributed by atoms with Gasteiger partial charge in [0.2, 0.25) is 0 Å². The molecule has 0 aliphatic heterocycles. The highest BCUT2D eigenvalue weighted by molar-refractivity contribution is 7.07. The maximum Gasteiger partial charge on any atom is 0.341 e. The van der Waals surface area contributed by atoms with Crippen molar-refractivity contribution in [3.63, 3.8) is 0 Å². The number of esters is 1. The Labute approximate surface area is 139 Å². The Morgan fingerprint density at radius 1 is 1.29 bits per heavy atom. The Morgan fingerprint density at radius 2 is 1.95 bits per heavy atom. The smallest absolute Gasteiger partial charge is 0.341 e. The van der Waals surface area contributed by atoms with Gasteiger partial charge in [-0.25, -0.2) is 4.79 Å². The number of halogens is 3. The van der Waals surface area contributed by atoms with Crippen molar-refractivity contribution in [1.82, 2.24) is 4.57 Å². The standard InChI is InChI=1S/C13H10Cl3NO3S/c1-7-6-21-13(19)17(7)4-5-20-12(18)10-8(14)2-3-9(15)11(10)16/h2-3,6H,4-5H2,1H3. The maximum absolute atomic E-state index is 12.0. The average Bonchev–Trinajstić information content (AvgIpc) is 2.75. The van der Waals surface area contributed by atoms with Crippen LogP contribution in [0.25, 0.3) is 0 Å². The molecule has 0 N–H and O–H groups in total. The third kappa shape index (κ3) is 3.61. The van der Waals surface area contributed by atoms with Crippen molar-refractivity contribution in [1.29, 1.82) is 0 Å². The van der Waals surface area contributed by atoms with Crippen LogP contribution in [-0.4, -0.2) is 17.1 Å². The lowest BCUT2D eigenvalue weighted by Crippen LogP contribution is -2.19. The zero-order valence-electron chi connectivity index (χ0n) is 10.9. The van der Waals surface area contributed by atoms with E-state index in [9.17, 15) is 9.59 Å². The third-order valence-corrected chi connectivity index (χ3v) is 4.77. The largest absolute Gasteiger partial charge is 0.460 e. The molecule has 1 aromatic heterocycles. The zero-order chi connectivity index (χ0) is 15.6. The van der Waals surface area contributed by atoms with Crippen LogP contribution in [0.5, 0.6) is 0 Å². The molecule has 0 bridgehead atoms. The van der Waals surface area contributed by atoms with Crippen molar-refractivity contribution >= 4 is 52.1 Å². The molecule has 2 aromatic rings. The first-order chi connectivity index (χ1) is 9.91. The maximum atomic E-state index is 12.0. The van der Waals surface area contributed by atoms with Crippen molar-refractivity contribution in [3.8, 4) is 0 Å². The van der Waals surface area contributed by atoms with Gasteiger partial charge in [-0.2, -0.15) is 0 Å². The highest BCUT2D eigenvalue weighted by Crippen LogP contribution is 2.31. The van der Waals surface area contributed by atoms with E-state index >= 15 is 0 Å². The number of aromatic nitrogens is 1. The summed E-state index contributed by atoms with van der Waals surface area (Å²) in [5, 5.41) is 2.18. The van der Waals surface area contributed by atoms with Crippen molar-refractivity contribution in [2.24, 2.45) is 0 Å². The summed E-state index contributed by atoms with van der Waals surface area (Å²) in [5.41, 5.74) is 0.847. The van der Waals surface area contributed by atoms with Gasteiger partial charge in [-0.05, 0) is 19.1 Å². The molecule has 0 saturated heterocycles. The summed E-state index contributed by atoms with van der Waals surface area (Å²) in [5.74, 6) is -0.673. The van der Waals surface area contributed by atoms with Gasteiger partial charge in [0.1, 0.15) is 6.61 Å². The van der Waals surface area contributed by atoms with E-state index in [1.807, 2.05) is 6.92 Å². The van der Waals surface area contributed by atoms with Crippen LogP contribution in [-0.2, 0) is 11.3 Å². The van der Waals surface area contributed by atoms with Crippen LogP contribution in [0.1, 0.15) is 16.1 Å². The lowest BCUT2D eigenvalue weighted by atomic mass is 10.2. The number of hydrogen-bond donors (Lipinski definition) is 0. The van der Waals surface area contributed by atoms with Gasteiger partial charge in [0.15, 0.2) is 0 Å². The fourth-order valence-corrected chi connectivity index (χ4v) is 3.13. The topological polar surface area (TPSA) is 48.3 Å². The van der Waals surface area contributed by atoms with Gasteiger partial charge < -0.3 is 4.74 Å². The average molecular weight is 367 g/mol. The van der Waals surface area contributed by atoms with Crippen molar-refractivity contribution in [3.05, 3.63) is 53.5 Å². The van der Waals surface area contributed by atoms with E-state index in [1.54, 1.807) is 5.38 Å². The second kappa shape index (κ2) is 6.83. The predicted molar refractivity (Wildman–Crippen MR) is 85.1 cm³/mol. The molecule has 2 rings (SSSR count). The van der Waals surface area contributed by atoms with Gasteiger partial charge in [0.25, 0.3) is 0 Å². The fraction of sp³-hybridized carbons (Fsp3) is 0.231. The fourth-order valence-electron chi connectivity index (χ4n) is 1.69. The Morgan fingerprint density at radius 3 is 2.57 bits per heavy atom. The van der Waals surface area contributed by atoms with Crippen LogP contribution < -0.4 is 4.87 Å². The number of aryl methyl sites for hydroxylation is 1. The van der Waals surface area contributed by atoms with Crippen molar-refractivity contribution in [2.45, 2.75) is 13.5 Å². The molecule has 21 heavy (non-hydrogen) atoms. The third-order valence-electron chi connectivity index (χ3n) is 2.77. The first-order valence-electron chi connectivity index (χ1n) is 5.87. The molecular formula is C13H10Cl3NO3S. The van der Waals surface area contributed by atoms with Gasteiger partial charge in [-0.1, -0.05) is 46.1 Å². The molecule has 1 aromatic carbocycles. The molecule has 0 spiro atoms. The number of benzene rings is 1. The van der Waals surface area contributed by atoms with E-state index in [0.29, 0.717) is 0 Å². The number of thiazole rings is 1. The van der Waals surface area contributed by atoms with Gasteiger partial charge in [0.05, 0.1) is 27.2 Å². The van der Waals surface area contributed by atoms with E-state index in [2.05, 4.69) is 0 Å². The summed E-state index contributed by atoms with van der Waals surface area (Å²) in [6.45, 7) is 2.12.